The zero-order valence-corrected chi connectivity index (χ0v) is 19.8. The van der Waals surface area contributed by atoms with E-state index in [4.69, 9.17) is 16.3 Å². The van der Waals surface area contributed by atoms with Crippen LogP contribution in [0.15, 0.2) is 29.2 Å². The highest BCUT2D eigenvalue weighted by atomic mass is 35.5. The highest BCUT2D eigenvalue weighted by Crippen LogP contribution is 2.41. The van der Waals surface area contributed by atoms with Gasteiger partial charge in [0.25, 0.3) is 0 Å². The molecule has 176 valence electrons. The van der Waals surface area contributed by atoms with Gasteiger partial charge in [-0.25, -0.2) is 13.8 Å². The van der Waals surface area contributed by atoms with Gasteiger partial charge in [-0.2, -0.15) is 4.39 Å². The molecule has 32 heavy (non-hydrogen) atoms. The van der Waals surface area contributed by atoms with Gasteiger partial charge in [-0.15, -0.1) is 0 Å². The summed E-state index contributed by atoms with van der Waals surface area (Å²) in [4.78, 5) is 5.19. The number of nitrogens with zero attached hydrogens (tertiary/aromatic N) is 2. The van der Waals surface area contributed by atoms with Crippen LogP contribution in [0.5, 0.6) is 0 Å². The van der Waals surface area contributed by atoms with Gasteiger partial charge in [0.1, 0.15) is 21.6 Å². The Hall–Kier alpha value is -1.68. The SMILES string of the molecule is CNCCCCC[C@@]1(OC)CCN(c2cc(F)c(SNc3cccc(F)n3)c(F)c2Cl)C1. The van der Waals surface area contributed by atoms with Gasteiger partial charge >= 0.3 is 0 Å². The molecule has 1 fully saturated rings. The van der Waals surface area contributed by atoms with Crippen molar-refractivity contribution in [2.24, 2.45) is 0 Å². The van der Waals surface area contributed by atoms with E-state index in [-0.39, 0.29) is 21.3 Å². The van der Waals surface area contributed by atoms with E-state index in [1.807, 2.05) is 11.9 Å². The summed E-state index contributed by atoms with van der Waals surface area (Å²) in [6.45, 7) is 2.10. The van der Waals surface area contributed by atoms with Gasteiger partial charge in [0.05, 0.1) is 11.3 Å². The van der Waals surface area contributed by atoms with Crippen molar-refractivity contribution in [1.82, 2.24) is 10.3 Å². The fourth-order valence-corrected chi connectivity index (χ4v) is 4.90. The van der Waals surface area contributed by atoms with Crippen LogP contribution in [0.25, 0.3) is 0 Å². The molecule has 2 N–H and O–H groups in total. The lowest BCUT2D eigenvalue weighted by atomic mass is 9.95. The van der Waals surface area contributed by atoms with E-state index in [9.17, 15) is 13.2 Å². The molecule has 1 saturated heterocycles. The van der Waals surface area contributed by atoms with Gasteiger partial charge in [0, 0.05) is 26.3 Å². The summed E-state index contributed by atoms with van der Waals surface area (Å²) in [5.74, 6) is -2.16. The van der Waals surface area contributed by atoms with Crippen molar-refractivity contribution in [3.05, 3.63) is 46.9 Å². The number of nitrogens with one attached hydrogen (secondary N) is 2. The molecule has 0 unspecified atom stereocenters. The molecule has 0 saturated carbocycles. The Morgan fingerprint density at radius 2 is 2.06 bits per heavy atom. The molecule has 0 radical (unpaired) electrons. The first-order valence-electron chi connectivity index (χ1n) is 10.6. The Kier molecular flexibility index (Phi) is 8.93. The summed E-state index contributed by atoms with van der Waals surface area (Å²) in [5.41, 5.74) is -0.0440. The lowest BCUT2D eigenvalue weighted by Gasteiger charge is -2.29. The third-order valence-corrected chi connectivity index (χ3v) is 6.97. The summed E-state index contributed by atoms with van der Waals surface area (Å²) < 4.78 is 51.5. The van der Waals surface area contributed by atoms with Crippen LogP contribution in [0.3, 0.4) is 0 Å². The van der Waals surface area contributed by atoms with Gasteiger partial charge in [-0.1, -0.05) is 30.5 Å². The minimum absolute atomic E-state index is 0.146. The Morgan fingerprint density at radius 1 is 1.25 bits per heavy atom. The van der Waals surface area contributed by atoms with Gasteiger partial charge in [0.15, 0.2) is 5.82 Å². The number of pyridine rings is 1. The first-order valence-corrected chi connectivity index (χ1v) is 11.8. The standard InChI is InChI=1S/C22H28ClF3N4OS/c1-27-11-5-3-4-9-22(31-2)10-12-30(14-22)16-13-15(24)21(20(26)19(16)23)32-29-18-8-6-7-17(25)28-18/h6-8,13,27H,3-5,9-12,14H2,1-2H3,(H,28,29)/t22-/m1/s1. The topological polar surface area (TPSA) is 49.4 Å². The molecule has 2 heterocycles. The van der Waals surface area contributed by atoms with E-state index in [1.165, 1.54) is 24.3 Å². The fraction of sp³-hybridized carbons (Fsp3) is 0.500. The molecule has 3 rings (SSSR count). The average Bonchev–Trinajstić information content (AvgIpc) is 3.21. The summed E-state index contributed by atoms with van der Waals surface area (Å²) in [6, 6.07) is 5.37. The predicted molar refractivity (Wildman–Crippen MR) is 124 cm³/mol. The van der Waals surface area contributed by atoms with E-state index in [1.54, 1.807) is 7.11 Å². The minimum atomic E-state index is -0.863. The second kappa shape index (κ2) is 11.4. The summed E-state index contributed by atoms with van der Waals surface area (Å²) in [5, 5.41) is 2.99. The number of ether oxygens (including phenoxy) is 1. The number of hydrogen-bond donors (Lipinski definition) is 2. The van der Waals surface area contributed by atoms with E-state index < -0.39 is 17.6 Å². The molecule has 1 atom stereocenters. The normalized spacial score (nSPS) is 18.4. The summed E-state index contributed by atoms with van der Waals surface area (Å²) >= 11 is 6.97. The van der Waals surface area contributed by atoms with E-state index in [2.05, 4.69) is 15.0 Å². The maximum Gasteiger partial charge on any atom is 0.214 e. The third kappa shape index (κ3) is 6.01. The molecule has 1 aromatic heterocycles. The lowest BCUT2D eigenvalue weighted by Crippen LogP contribution is -2.35. The number of hydrogen-bond acceptors (Lipinski definition) is 6. The van der Waals surface area contributed by atoms with Gasteiger partial charge in [-0.3, -0.25) is 0 Å². The number of benzene rings is 1. The number of rotatable bonds is 11. The molecule has 0 spiro atoms. The number of anilines is 2. The van der Waals surface area contributed by atoms with Crippen LogP contribution < -0.4 is 14.9 Å². The molecule has 1 aliphatic rings. The second-order valence-electron chi connectivity index (χ2n) is 7.86. The Bertz CT molecular complexity index is 923. The van der Waals surface area contributed by atoms with Crippen LogP contribution in [0, 0.1) is 17.6 Å². The van der Waals surface area contributed by atoms with Crippen molar-refractivity contribution in [1.29, 1.82) is 0 Å². The molecule has 10 heteroatoms. The molecular formula is C22H28ClF3N4OS. The monoisotopic (exact) mass is 488 g/mol. The minimum Gasteiger partial charge on any atom is -0.376 e. The Morgan fingerprint density at radius 3 is 2.78 bits per heavy atom. The molecule has 0 bridgehead atoms. The van der Waals surface area contributed by atoms with Crippen molar-refractivity contribution in [2.45, 2.75) is 42.6 Å². The van der Waals surface area contributed by atoms with Crippen molar-refractivity contribution in [3.8, 4) is 0 Å². The number of aromatic nitrogens is 1. The highest BCUT2D eigenvalue weighted by Gasteiger charge is 2.39. The van der Waals surface area contributed by atoms with E-state index >= 15 is 0 Å². The van der Waals surface area contributed by atoms with Crippen LogP contribution in [-0.4, -0.2) is 44.4 Å². The van der Waals surface area contributed by atoms with Crippen LogP contribution in [0.1, 0.15) is 32.1 Å². The highest BCUT2D eigenvalue weighted by molar-refractivity contribution is 8.00. The number of methoxy groups -OCH3 is 1. The smallest absolute Gasteiger partial charge is 0.214 e. The predicted octanol–water partition coefficient (Wildman–Crippen LogP) is 5.65. The van der Waals surface area contributed by atoms with Gasteiger partial charge < -0.3 is 19.7 Å². The quantitative estimate of drug-likeness (QED) is 0.184. The fourth-order valence-electron chi connectivity index (χ4n) is 3.91. The number of halogens is 4. The van der Waals surface area contributed by atoms with E-state index in [0.717, 1.165) is 38.6 Å². The van der Waals surface area contributed by atoms with Crippen molar-refractivity contribution in [2.75, 3.05) is 43.4 Å². The molecule has 1 aliphatic heterocycles. The summed E-state index contributed by atoms with van der Waals surface area (Å²) in [6.07, 6.45) is 4.86. The Balaban J connectivity index is 1.69. The maximum absolute atomic E-state index is 15.0. The molecular weight excluding hydrogens is 461 g/mol. The lowest BCUT2D eigenvalue weighted by molar-refractivity contribution is -0.000274. The molecule has 1 aromatic carbocycles. The largest absolute Gasteiger partial charge is 0.376 e. The number of unbranched alkanes of at least 4 members (excludes halogenated alkanes) is 2. The zero-order valence-electron chi connectivity index (χ0n) is 18.2. The van der Waals surface area contributed by atoms with E-state index in [0.29, 0.717) is 30.7 Å². The maximum atomic E-state index is 15.0. The molecule has 2 aromatic rings. The van der Waals surface area contributed by atoms with Gasteiger partial charge in [-0.05, 0) is 56.9 Å². The van der Waals surface area contributed by atoms with Crippen molar-refractivity contribution in [3.63, 3.8) is 0 Å². The molecule has 0 amide bonds. The van der Waals surface area contributed by atoms with Crippen LogP contribution in [-0.2, 0) is 4.74 Å². The molecule has 0 aliphatic carbocycles. The first-order chi connectivity index (χ1) is 15.4. The van der Waals surface area contributed by atoms with Gasteiger partial charge in [0.2, 0.25) is 5.95 Å². The van der Waals surface area contributed by atoms with Crippen molar-refractivity contribution >= 4 is 35.1 Å². The van der Waals surface area contributed by atoms with Crippen LogP contribution in [0.2, 0.25) is 5.02 Å². The Labute approximate surface area is 196 Å². The second-order valence-corrected chi connectivity index (χ2v) is 9.05. The first kappa shape index (κ1) is 25.0. The summed E-state index contributed by atoms with van der Waals surface area (Å²) in [7, 11) is 3.62. The zero-order chi connectivity index (χ0) is 23.1. The molecule has 5 nitrogen and oxygen atoms in total. The average molecular weight is 489 g/mol. The third-order valence-electron chi connectivity index (χ3n) is 5.72. The van der Waals surface area contributed by atoms with Crippen LogP contribution >= 0.6 is 23.5 Å². The van der Waals surface area contributed by atoms with Crippen LogP contribution in [0.4, 0.5) is 24.7 Å². The van der Waals surface area contributed by atoms with Crippen molar-refractivity contribution < 1.29 is 17.9 Å².